The molecule has 1 aliphatic rings. The molecule has 0 spiro atoms. The Kier molecular flexibility index (Phi) is 4.47. The number of nitrogens with zero attached hydrogens (tertiary/aromatic N) is 1. The van der Waals surface area contributed by atoms with E-state index in [0.29, 0.717) is 35.8 Å². The molecule has 0 amide bonds. The third-order valence-corrected chi connectivity index (χ3v) is 6.36. The smallest absolute Gasteiger partial charge is 0.322 e. The zero-order valence-corrected chi connectivity index (χ0v) is 14.1. The van der Waals surface area contributed by atoms with Gasteiger partial charge in [0.2, 0.25) is 10.0 Å². The summed E-state index contributed by atoms with van der Waals surface area (Å²) in [5.74, 6) is -0.519. The van der Waals surface area contributed by atoms with Crippen molar-refractivity contribution < 1.29 is 23.1 Å². The molecule has 1 N–H and O–H groups in total. The second-order valence-electron chi connectivity index (χ2n) is 5.78. The van der Waals surface area contributed by atoms with Gasteiger partial charge in [0.25, 0.3) is 0 Å². The molecule has 1 fully saturated rings. The molecule has 3 rings (SSSR count). The molecule has 0 radical (unpaired) electrons. The zero-order chi connectivity index (χ0) is 17.3. The lowest BCUT2D eigenvalue weighted by molar-refractivity contribution is -0.142. The average molecular weight is 349 g/mol. The minimum atomic E-state index is -3.91. The van der Waals surface area contributed by atoms with Gasteiger partial charge in [-0.15, -0.1) is 0 Å². The number of fused-ring (bicyclic) bond motifs is 1. The van der Waals surface area contributed by atoms with Crippen LogP contribution in [0.15, 0.2) is 41.3 Å². The van der Waals surface area contributed by atoms with Gasteiger partial charge in [0.15, 0.2) is 0 Å². The Morgan fingerprint density at radius 1 is 1.17 bits per heavy atom. The van der Waals surface area contributed by atoms with Crippen molar-refractivity contribution in [3.8, 4) is 5.75 Å². The highest BCUT2D eigenvalue weighted by Crippen LogP contribution is 2.34. The van der Waals surface area contributed by atoms with Crippen LogP contribution in [0, 0.1) is 0 Å². The molecule has 0 aromatic heterocycles. The van der Waals surface area contributed by atoms with Gasteiger partial charge in [-0.1, -0.05) is 24.3 Å². The molecule has 0 saturated carbocycles. The van der Waals surface area contributed by atoms with E-state index in [0.717, 1.165) is 4.31 Å². The summed E-state index contributed by atoms with van der Waals surface area (Å²) in [6.07, 6.45) is 1.71. The van der Waals surface area contributed by atoms with Crippen LogP contribution < -0.4 is 4.74 Å². The van der Waals surface area contributed by atoms with Gasteiger partial charge in [0.1, 0.15) is 11.8 Å². The van der Waals surface area contributed by atoms with E-state index in [4.69, 9.17) is 4.74 Å². The van der Waals surface area contributed by atoms with Gasteiger partial charge in [0, 0.05) is 17.3 Å². The summed E-state index contributed by atoms with van der Waals surface area (Å²) in [5, 5.41) is 10.6. The summed E-state index contributed by atoms with van der Waals surface area (Å²) in [6.45, 7) is 0.222. The van der Waals surface area contributed by atoms with Crippen LogP contribution >= 0.6 is 0 Å². The molecule has 2 aromatic carbocycles. The Balaban J connectivity index is 2.17. The third-order valence-electron chi connectivity index (χ3n) is 4.39. The number of rotatable bonds is 4. The second kappa shape index (κ2) is 6.41. The average Bonchev–Trinajstić information content (AvgIpc) is 2.60. The van der Waals surface area contributed by atoms with Gasteiger partial charge in [0.05, 0.1) is 12.0 Å². The molecule has 1 saturated heterocycles. The molecule has 2 aromatic rings. The third kappa shape index (κ3) is 2.74. The van der Waals surface area contributed by atoms with Gasteiger partial charge < -0.3 is 9.84 Å². The van der Waals surface area contributed by atoms with Gasteiger partial charge in [-0.25, -0.2) is 8.42 Å². The molecule has 7 heteroatoms. The number of ether oxygens (including phenoxy) is 1. The van der Waals surface area contributed by atoms with Crippen LogP contribution in [0.2, 0.25) is 0 Å². The standard InChI is InChI=1S/C17H19NO5S/c1-23-15-9-10-16(13-7-3-2-6-12(13)15)24(21,22)18-11-5-4-8-14(18)17(19)20/h2-3,6-7,9-10,14H,4-5,8,11H2,1H3,(H,19,20). The van der Waals surface area contributed by atoms with E-state index in [9.17, 15) is 18.3 Å². The lowest BCUT2D eigenvalue weighted by Crippen LogP contribution is -2.47. The molecule has 0 bridgehead atoms. The summed E-state index contributed by atoms with van der Waals surface area (Å²) in [7, 11) is -2.38. The highest BCUT2D eigenvalue weighted by Gasteiger charge is 2.38. The van der Waals surface area contributed by atoms with Gasteiger partial charge in [-0.3, -0.25) is 4.79 Å². The number of sulfonamides is 1. The van der Waals surface area contributed by atoms with Crippen LogP contribution in [0.3, 0.4) is 0 Å². The molecule has 6 nitrogen and oxygen atoms in total. The maximum Gasteiger partial charge on any atom is 0.322 e. The number of carbonyl (C=O) groups is 1. The first-order valence-electron chi connectivity index (χ1n) is 7.77. The first kappa shape index (κ1) is 16.7. The summed E-state index contributed by atoms with van der Waals surface area (Å²) in [4.78, 5) is 11.6. The Bertz CT molecular complexity index is 878. The number of carboxylic acids is 1. The number of aliphatic carboxylic acids is 1. The molecular weight excluding hydrogens is 330 g/mol. The minimum Gasteiger partial charge on any atom is -0.496 e. The number of hydrogen-bond donors (Lipinski definition) is 1. The van der Waals surface area contributed by atoms with Crippen LogP contribution in [0.4, 0.5) is 0 Å². The first-order valence-corrected chi connectivity index (χ1v) is 9.21. The summed E-state index contributed by atoms with van der Waals surface area (Å²) >= 11 is 0. The highest BCUT2D eigenvalue weighted by molar-refractivity contribution is 7.89. The molecular formula is C17H19NO5S. The summed E-state index contributed by atoms with van der Waals surface area (Å²) in [5.41, 5.74) is 0. The number of benzene rings is 2. The maximum atomic E-state index is 13.1. The largest absolute Gasteiger partial charge is 0.496 e. The van der Waals surface area contributed by atoms with Gasteiger partial charge in [-0.2, -0.15) is 4.31 Å². The monoisotopic (exact) mass is 349 g/mol. The SMILES string of the molecule is COc1ccc(S(=O)(=O)N2CCCCC2C(=O)O)c2ccccc12. The molecule has 1 atom stereocenters. The van der Waals surface area contributed by atoms with Crippen molar-refractivity contribution in [2.45, 2.75) is 30.2 Å². The summed E-state index contributed by atoms with van der Waals surface area (Å²) < 4.78 is 32.7. The van der Waals surface area contributed by atoms with E-state index in [1.165, 1.54) is 13.2 Å². The normalized spacial score (nSPS) is 19.3. The predicted octanol–water partition coefficient (Wildman–Crippen LogP) is 2.48. The maximum absolute atomic E-state index is 13.1. The van der Waals surface area contributed by atoms with E-state index in [2.05, 4.69) is 0 Å². The summed E-state index contributed by atoms with van der Waals surface area (Å²) in [6, 6.07) is 9.15. The van der Waals surface area contributed by atoms with Crippen molar-refractivity contribution in [2.24, 2.45) is 0 Å². The molecule has 0 aliphatic carbocycles. The van der Waals surface area contributed by atoms with Crippen LogP contribution in [0.5, 0.6) is 5.75 Å². The lowest BCUT2D eigenvalue weighted by atomic mass is 10.1. The van der Waals surface area contributed by atoms with Crippen molar-refractivity contribution in [2.75, 3.05) is 13.7 Å². The quantitative estimate of drug-likeness (QED) is 0.917. The van der Waals surface area contributed by atoms with Gasteiger partial charge >= 0.3 is 5.97 Å². The Morgan fingerprint density at radius 3 is 2.54 bits per heavy atom. The van der Waals surface area contributed by atoms with E-state index in [1.54, 1.807) is 24.3 Å². The fraction of sp³-hybridized carbons (Fsp3) is 0.353. The number of methoxy groups -OCH3 is 1. The predicted molar refractivity (Wildman–Crippen MR) is 89.7 cm³/mol. The second-order valence-corrected chi connectivity index (χ2v) is 7.64. The van der Waals surface area contributed by atoms with Crippen LogP contribution in [-0.4, -0.2) is 43.5 Å². The highest BCUT2D eigenvalue weighted by atomic mass is 32.2. The molecule has 1 aliphatic heterocycles. The number of piperidine rings is 1. The van der Waals surface area contributed by atoms with Crippen molar-refractivity contribution in [1.82, 2.24) is 4.31 Å². The van der Waals surface area contributed by atoms with E-state index >= 15 is 0 Å². The fourth-order valence-corrected chi connectivity index (χ4v) is 5.06. The Morgan fingerprint density at radius 2 is 1.88 bits per heavy atom. The number of carboxylic acid groups (broad SMARTS) is 1. The van der Waals surface area contributed by atoms with E-state index < -0.39 is 22.0 Å². The molecule has 128 valence electrons. The van der Waals surface area contributed by atoms with E-state index in [-0.39, 0.29) is 11.4 Å². The Hall–Kier alpha value is -2.12. The first-order chi connectivity index (χ1) is 11.5. The van der Waals surface area contributed by atoms with Crippen LogP contribution in [-0.2, 0) is 14.8 Å². The zero-order valence-electron chi connectivity index (χ0n) is 13.3. The van der Waals surface area contributed by atoms with Crippen LogP contribution in [0.25, 0.3) is 10.8 Å². The lowest BCUT2D eigenvalue weighted by Gasteiger charge is -2.32. The van der Waals surface area contributed by atoms with Crippen LogP contribution in [0.1, 0.15) is 19.3 Å². The van der Waals surface area contributed by atoms with Gasteiger partial charge in [-0.05, 0) is 31.4 Å². The van der Waals surface area contributed by atoms with Crippen molar-refractivity contribution in [1.29, 1.82) is 0 Å². The topological polar surface area (TPSA) is 83.9 Å². The molecule has 1 unspecified atom stereocenters. The van der Waals surface area contributed by atoms with E-state index in [1.807, 2.05) is 6.07 Å². The molecule has 1 heterocycles. The Labute approximate surface area is 140 Å². The van der Waals surface area contributed by atoms with Crippen molar-refractivity contribution in [3.05, 3.63) is 36.4 Å². The fourth-order valence-electron chi connectivity index (χ4n) is 3.21. The molecule has 24 heavy (non-hydrogen) atoms. The minimum absolute atomic E-state index is 0.118. The number of hydrogen-bond acceptors (Lipinski definition) is 4. The van der Waals surface area contributed by atoms with Crippen molar-refractivity contribution in [3.63, 3.8) is 0 Å². The van der Waals surface area contributed by atoms with Crippen molar-refractivity contribution >= 4 is 26.8 Å².